The van der Waals surface area contributed by atoms with E-state index in [0.29, 0.717) is 12.8 Å². The molecule has 0 bridgehead atoms. The molecule has 10 nitrogen and oxygen atoms in total. The average Bonchev–Trinajstić information content (AvgIpc) is 3.26. The lowest BCUT2D eigenvalue weighted by molar-refractivity contribution is -0.277. The number of carbonyl (C=O) groups is 6. The fourth-order valence-electron chi connectivity index (χ4n) is 9.55. The van der Waals surface area contributed by atoms with Gasteiger partial charge in [-0.15, -0.1) is 0 Å². The number of hydrogen-bond acceptors (Lipinski definition) is 10. The third-order valence-electron chi connectivity index (χ3n) is 10.9. The van der Waals surface area contributed by atoms with Crippen LogP contribution in [0.3, 0.4) is 0 Å². The summed E-state index contributed by atoms with van der Waals surface area (Å²) in [5.74, 6) is -4.38. The average molecular weight is 547 g/mol. The number of esters is 4. The highest BCUT2D eigenvalue weighted by atomic mass is 16.6. The minimum absolute atomic E-state index is 0.0217. The van der Waals surface area contributed by atoms with E-state index in [1.54, 1.807) is 6.92 Å². The summed E-state index contributed by atoms with van der Waals surface area (Å²) in [4.78, 5) is 77.7. The Labute approximate surface area is 227 Å². The molecule has 0 radical (unpaired) electrons. The highest BCUT2D eigenvalue weighted by Gasteiger charge is 2.76. The van der Waals surface area contributed by atoms with E-state index < -0.39 is 76.2 Å². The molecule has 0 N–H and O–H groups in total. The van der Waals surface area contributed by atoms with Crippen LogP contribution in [0.4, 0.5) is 0 Å². The fourth-order valence-corrected chi connectivity index (χ4v) is 9.55. The Balaban J connectivity index is 1.67. The van der Waals surface area contributed by atoms with E-state index in [2.05, 4.69) is 0 Å². The van der Waals surface area contributed by atoms with Crippen molar-refractivity contribution in [1.29, 1.82) is 0 Å². The zero-order chi connectivity index (χ0) is 28.7. The molecule has 214 valence electrons. The molecule has 0 aromatic heterocycles. The lowest BCUT2D eigenvalue weighted by atomic mass is 9.35. The van der Waals surface area contributed by atoms with Gasteiger partial charge in [-0.1, -0.05) is 27.7 Å². The van der Waals surface area contributed by atoms with Crippen LogP contribution < -0.4 is 0 Å². The van der Waals surface area contributed by atoms with Gasteiger partial charge in [0.15, 0.2) is 11.9 Å². The van der Waals surface area contributed by atoms with Crippen LogP contribution in [0, 0.1) is 45.8 Å². The van der Waals surface area contributed by atoms with Crippen LogP contribution in [-0.4, -0.2) is 60.4 Å². The molecule has 5 rings (SSSR count). The van der Waals surface area contributed by atoms with Gasteiger partial charge in [-0.3, -0.25) is 28.8 Å². The van der Waals surface area contributed by atoms with E-state index in [1.807, 2.05) is 20.8 Å². The van der Waals surface area contributed by atoms with Crippen molar-refractivity contribution in [3.05, 3.63) is 0 Å². The highest BCUT2D eigenvalue weighted by molar-refractivity contribution is 5.94. The van der Waals surface area contributed by atoms with Crippen LogP contribution in [0.5, 0.6) is 0 Å². The third-order valence-corrected chi connectivity index (χ3v) is 10.9. The van der Waals surface area contributed by atoms with E-state index in [4.69, 9.17) is 18.9 Å². The van der Waals surface area contributed by atoms with E-state index in [0.717, 1.165) is 0 Å². The Morgan fingerprint density at radius 1 is 0.923 bits per heavy atom. The first kappa shape index (κ1) is 27.8. The van der Waals surface area contributed by atoms with E-state index in [1.165, 1.54) is 13.8 Å². The molecule has 1 unspecified atom stereocenters. The topological polar surface area (TPSA) is 139 Å². The Morgan fingerprint density at radius 2 is 1.59 bits per heavy atom. The van der Waals surface area contributed by atoms with Crippen LogP contribution >= 0.6 is 0 Å². The number of hydrogen-bond donors (Lipinski definition) is 0. The van der Waals surface area contributed by atoms with Crippen LogP contribution in [0.25, 0.3) is 0 Å². The monoisotopic (exact) mass is 546 g/mol. The highest BCUT2D eigenvalue weighted by Crippen LogP contribution is 2.71. The molecule has 3 saturated carbocycles. The molecule has 2 saturated heterocycles. The second-order valence-corrected chi connectivity index (χ2v) is 13.1. The smallest absolute Gasteiger partial charge is 0.306 e. The Bertz CT molecular complexity index is 1140. The quantitative estimate of drug-likeness (QED) is 0.382. The Hall–Kier alpha value is -2.78. The SMILES string of the molecule is CC(=O)O[C@H]1C[C@@H](C)[C@@H]2CC3OC(=O)C[C@@H]4[C@@]3(C)[C@H]([C@H](OC(C)=O)C[C@@]4(C)C(=O)[C@@H]3COC(=O)C3)[C@@]2(C)C1=O. The maximum atomic E-state index is 14.3. The maximum absolute atomic E-state index is 14.3. The lowest BCUT2D eigenvalue weighted by Gasteiger charge is -2.70. The van der Waals surface area contributed by atoms with Gasteiger partial charge < -0.3 is 18.9 Å². The second-order valence-electron chi connectivity index (χ2n) is 13.1. The van der Waals surface area contributed by atoms with E-state index in [9.17, 15) is 28.8 Å². The number of ether oxygens (including phenoxy) is 4. The van der Waals surface area contributed by atoms with Crippen molar-refractivity contribution in [1.82, 2.24) is 0 Å². The van der Waals surface area contributed by atoms with Gasteiger partial charge in [0.25, 0.3) is 0 Å². The van der Waals surface area contributed by atoms with Crippen molar-refractivity contribution in [3.63, 3.8) is 0 Å². The largest absolute Gasteiger partial charge is 0.465 e. The van der Waals surface area contributed by atoms with Gasteiger partial charge in [-0.05, 0) is 37.0 Å². The summed E-state index contributed by atoms with van der Waals surface area (Å²) in [6.45, 7) is 10.2. The number of fused-ring (bicyclic) bond motifs is 2. The van der Waals surface area contributed by atoms with Crippen molar-refractivity contribution >= 4 is 35.4 Å². The standard InChI is InChI=1S/C29H38O10/c1-13-7-18(37-14(2)30)26(35)28(5)17(13)9-21-29(6)20(10-23(33)39-21)27(4,11-19(24(28)29)38-15(3)31)25(34)16-8-22(32)36-12-16/h13,16-21,24H,7-12H2,1-6H3/t13-,16+,17+,18+,19-,20+,21?,24-,27-,28+,29-/m1/s1. The molecule has 3 aliphatic carbocycles. The predicted molar refractivity (Wildman–Crippen MR) is 132 cm³/mol. The zero-order valence-electron chi connectivity index (χ0n) is 23.4. The van der Waals surface area contributed by atoms with Gasteiger partial charge in [-0.2, -0.15) is 0 Å². The van der Waals surface area contributed by atoms with Crippen molar-refractivity contribution in [3.8, 4) is 0 Å². The number of ketones is 2. The molecule has 5 fully saturated rings. The third kappa shape index (κ3) is 3.95. The Kier molecular flexibility index (Phi) is 6.50. The summed E-state index contributed by atoms with van der Waals surface area (Å²) in [6.07, 6.45) is -1.56. The first-order valence-electron chi connectivity index (χ1n) is 13.9. The molecule has 2 heterocycles. The number of Topliss-reactive ketones (excluding diaryl/α,β-unsaturated/α-hetero) is 2. The first-order chi connectivity index (χ1) is 18.1. The van der Waals surface area contributed by atoms with Crippen LogP contribution in [0.15, 0.2) is 0 Å². The molecular weight excluding hydrogens is 508 g/mol. The van der Waals surface area contributed by atoms with E-state index in [-0.39, 0.29) is 49.3 Å². The molecule has 0 aromatic carbocycles. The zero-order valence-corrected chi connectivity index (χ0v) is 23.4. The molecule has 5 aliphatic rings. The molecule has 11 atom stereocenters. The predicted octanol–water partition coefficient (Wildman–Crippen LogP) is 2.58. The second kappa shape index (κ2) is 9.13. The maximum Gasteiger partial charge on any atom is 0.306 e. The van der Waals surface area contributed by atoms with Crippen LogP contribution in [0.2, 0.25) is 0 Å². The summed E-state index contributed by atoms with van der Waals surface area (Å²) < 4.78 is 22.6. The summed E-state index contributed by atoms with van der Waals surface area (Å²) in [6, 6.07) is 0. The minimum atomic E-state index is -1.14. The summed E-state index contributed by atoms with van der Waals surface area (Å²) in [5, 5.41) is 0. The van der Waals surface area contributed by atoms with Crippen molar-refractivity contribution in [2.45, 2.75) is 92.0 Å². The number of carbonyl (C=O) groups excluding carboxylic acids is 6. The first-order valence-corrected chi connectivity index (χ1v) is 13.9. The molecule has 0 spiro atoms. The van der Waals surface area contributed by atoms with Gasteiger partial charge in [0, 0.05) is 42.4 Å². The Morgan fingerprint density at radius 3 is 2.18 bits per heavy atom. The van der Waals surface area contributed by atoms with Gasteiger partial charge in [0.2, 0.25) is 0 Å². The normalized spacial score (nSPS) is 46.8. The number of cyclic esters (lactones) is 1. The van der Waals surface area contributed by atoms with Crippen LogP contribution in [-0.2, 0) is 47.7 Å². The van der Waals surface area contributed by atoms with Crippen molar-refractivity contribution < 1.29 is 47.7 Å². The molecule has 10 heteroatoms. The molecule has 0 amide bonds. The summed E-state index contributed by atoms with van der Waals surface area (Å²) >= 11 is 0. The van der Waals surface area contributed by atoms with Gasteiger partial charge >= 0.3 is 23.9 Å². The summed E-state index contributed by atoms with van der Waals surface area (Å²) in [7, 11) is 0. The fraction of sp³-hybridized carbons (Fsp3) is 0.793. The molecule has 2 aliphatic heterocycles. The van der Waals surface area contributed by atoms with Gasteiger partial charge in [0.05, 0.1) is 12.3 Å². The van der Waals surface area contributed by atoms with Crippen molar-refractivity contribution in [2.24, 2.45) is 45.8 Å². The van der Waals surface area contributed by atoms with Gasteiger partial charge in [-0.25, -0.2) is 0 Å². The van der Waals surface area contributed by atoms with Gasteiger partial charge in [0.1, 0.15) is 24.6 Å². The molecule has 0 aromatic rings. The number of rotatable bonds is 4. The van der Waals surface area contributed by atoms with Crippen molar-refractivity contribution in [2.75, 3.05) is 6.61 Å². The minimum Gasteiger partial charge on any atom is -0.465 e. The molecule has 39 heavy (non-hydrogen) atoms. The van der Waals surface area contributed by atoms with Crippen LogP contribution in [0.1, 0.15) is 73.6 Å². The summed E-state index contributed by atoms with van der Waals surface area (Å²) in [5.41, 5.74) is -3.11. The van der Waals surface area contributed by atoms with E-state index >= 15 is 0 Å². The lowest BCUT2D eigenvalue weighted by Crippen LogP contribution is -2.75. The molecular formula is C29H38O10.